The van der Waals surface area contributed by atoms with Crippen molar-refractivity contribution < 1.29 is 0 Å². The van der Waals surface area contributed by atoms with E-state index < -0.39 is 0 Å². The first kappa shape index (κ1) is 18.9. The van der Waals surface area contributed by atoms with Crippen molar-refractivity contribution in [1.82, 2.24) is 4.98 Å². The Hall–Kier alpha value is -1.84. The maximum absolute atomic E-state index is 6.02. The molecule has 0 aliphatic rings. The van der Waals surface area contributed by atoms with Crippen molar-refractivity contribution in [3.05, 3.63) is 74.7 Å². The summed E-state index contributed by atoms with van der Waals surface area (Å²) >= 11 is 7.76. The molecule has 0 saturated carbocycles. The Morgan fingerprint density at radius 3 is 2.35 bits per heavy atom. The topological polar surface area (TPSA) is 24.9 Å². The fraction of sp³-hybridized carbons (Fsp3) is 0.318. The maximum Gasteiger partial charge on any atom is 0.187 e. The van der Waals surface area contributed by atoms with Crippen molar-refractivity contribution in [3.63, 3.8) is 0 Å². The largest absolute Gasteiger partial charge is 0.331 e. The van der Waals surface area contributed by atoms with Gasteiger partial charge in [0.2, 0.25) is 0 Å². The molecule has 0 amide bonds. The second kappa shape index (κ2) is 7.42. The molecule has 0 aliphatic heterocycles. The number of aromatic nitrogens is 1. The summed E-state index contributed by atoms with van der Waals surface area (Å²) in [5, 5.41) is 5.23. The van der Waals surface area contributed by atoms with Crippen LogP contribution in [0.1, 0.15) is 48.0 Å². The lowest BCUT2D eigenvalue weighted by Crippen LogP contribution is -2.14. The van der Waals surface area contributed by atoms with Gasteiger partial charge in [-0.3, -0.25) is 0 Å². The predicted molar refractivity (Wildman–Crippen MR) is 114 cm³/mol. The van der Waals surface area contributed by atoms with E-state index in [9.17, 15) is 0 Å². The van der Waals surface area contributed by atoms with Crippen molar-refractivity contribution in [1.29, 1.82) is 0 Å². The Balaban J connectivity index is 1.92. The van der Waals surface area contributed by atoms with Crippen LogP contribution in [-0.4, -0.2) is 4.98 Å². The zero-order valence-corrected chi connectivity index (χ0v) is 17.6. The van der Waals surface area contributed by atoms with Gasteiger partial charge in [-0.25, -0.2) is 4.98 Å². The quantitative estimate of drug-likeness (QED) is 0.521. The zero-order chi connectivity index (χ0) is 18.9. The summed E-state index contributed by atoms with van der Waals surface area (Å²) in [5.41, 5.74) is 6.03. The van der Waals surface area contributed by atoms with Gasteiger partial charge in [0.1, 0.15) is 0 Å². The average Bonchev–Trinajstić information content (AvgIpc) is 2.95. The molecule has 0 atom stereocenters. The van der Waals surface area contributed by atoms with Gasteiger partial charge < -0.3 is 5.32 Å². The molecule has 0 radical (unpaired) electrons. The van der Waals surface area contributed by atoms with Crippen molar-refractivity contribution in [3.8, 4) is 0 Å². The van der Waals surface area contributed by atoms with E-state index >= 15 is 0 Å². The second-order valence-electron chi connectivity index (χ2n) is 7.79. The minimum absolute atomic E-state index is 0.000505. The molecule has 26 heavy (non-hydrogen) atoms. The average molecular weight is 385 g/mol. The number of nitrogens with zero attached hydrogens (tertiary/aromatic N) is 1. The Labute approximate surface area is 165 Å². The minimum Gasteiger partial charge on any atom is -0.331 e. The van der Waals surface area contributed by atoms with Crippen molar-refractivity contribution >= 4 is 33.8 Å². The zero-order valence-electron chi connectivity index (χ0n) is 16.0. The van der Waals surface area contributed by atoms with Crippen molar-refractivity contribution in [2.75, 3.05) is 5.32 Å². The number of benzene rings is 2. The Bertz CT molecular complexity index is 905. The summed E-state index contributed by atoms with van der Waals surface area (Å²) in [7, 11) is 0. The molecule has 0 unspecified atom stereocenters. The summed E-state index contributed by atoms with van der Waals surface area (Å²) in [6.45, 7) is 10.9. The van der Waals surface area contributed by atoms with Crippen LogP contribution in [0.4, 0.5) is 10.8 Å². The van der Waals surface area contributed by atoms with Crippen LogP contribution in [0.5, 0.6) is 0 Å². The summed E-state index contributed by atoms with van der Waals surface area (Å²) in [4.78, 5) is 6.23. The first-order valence-electron chi connectivity index (χ1n) is 8.81. The monoisotopic (exact) mass is 384 g/mol. The molecule has 1 aromatic heterocycles. The highest BCUT2D eigenvalue weighted by Crippen LogP contribution is 2.35. The smallest absolute Gasteiger partial charge is 0.187 e. The standard InChI is InChI=1S/C22H25ClN2S/c1-14-6-11-18(15(2)12-14)24-21-25-20(22(3,4)5)19(26-21)13-16-7-9-17(23)10-8-16/h6-12H,13H2,1-5H3,(H,24,25). The van der Waals surface area contributed by atoms with Crippen molar-refractivity contribution in [2.45, 2.75) is 46.5 Å². The summed E-state index contributed by atoms with van der Waals surface area (Å²) < 4.78 is 0. The molecular weight excluding hydrogens is 360 g/mol. The van der Waals surface area contributed by atoms with Gasteiger partial charge in [0, 0.05) is 27.4 Å². The Kier molecular flexibility index (Phi) is 5.40. The molecule has 3 aromatic rings. The number of aryl methyl sites for hydroxylation is 2. The fourth-order valence-corrected chi connectivity index (χ4v) is 4.31. The van der Waals surface area contributed by atoms with E-state index in [0.717, 1.165) is 28.0 Å². The van der Waals surface area contributed by atoms with Gasteiger partial charge in [0.05, 0.1) is 5.69 Å². The van der Waals surface area contributed by atoms with Crippen LogP contribution in [0.2, 0.25) is 5.02 Å². The van der Waals surface area contributed by atoms with E-state index in [-0.39, 0.29) is 5.41 Å². The molecule has 136 valence electrons. The number of hydrogen-bond acceptors (Lipinski definition) is 3. The van der Waals surface area contributed by atoms with Gasteiger partial charge in [0.25, 0.3) is 0 Å². The second-order valence-corrected chi connectivity index (χ2v) is 9.31. The molecule has 1 heterocycles. The maximum atomic E-state index is 6.02. The number of rotatable bonds is 4. The molecule has 0 fully saturated rings. The molecule has 0 bridgehead atoms. The molecular formula is C22H25ClN2S. The Morgan fingerprint density at radius 1 is 1.04 bits per heavy atom. The summed E-state index contributed by atoms with van der Waals surface area (Å²) in [6.07, 6.45) is 0.871. The summed E-state index contributed by atoms with van der Waals surface area (Å²) in [6, 6.07) is 14.5. The SMILES string of the molecule is Cc1ccc(Nc2nc(C(C)(C)C)c(Cc3ccc(Cl)cc3)s2)c(C)c1. The van der Waals surface area contributed by atoms with Crippen LogP contribution in [-0.2, 0) is 11.8 Å². The van der Waals surface area contributed by atoms with Gasteiger partial charge >= 0.3 is 0 Å². The van der Waals surface area contributed by atoms with Crippen LogP contribution >= 0.6 is 22.9 Å². The number of halogens is 1. The van der Waals surface area contributed by atoms with Gasteiger partial charge in [0.15, 0.2) is 5.13 Å². The van der Waals surface area contributed by atoms with Gasteiger partial charge in [-0.15, -0.1) is 11.3 Å². The molecule has 4 heteroatoms. The predicted octanol–water partition coefficient (Wildman–Crippen LogP) is 7.05. The van der Waals surface area contributed by atoms with Crippen LogP contribution < -0.4 is 5.32 Å². The van der Waals surface area contributed by atoms with Crippen LogP contribution in [0.3, 0.4) is 0 Å². The molecule has 2 nitrogen and oxygen atoms in total. The lowest BCUT2D eigenvalue weighted by Gasteiger charge is -2.17. The molecule has 0 aliphatic carbocycles. The molecule has 2 aromatic carbocycles. The highest BCUT2D eigenvalue weighted by Gasteiger charge is 2.23. The highest BCUT2D eigenvalue weighted by atomic mass is 35.5. The first-order valence-corrected chi connectivity index (χ1v) is 10.0. The third-order valence-electron chi connectivity index (χ3n) is 4.31. The van der Waals surface area contributed by atoms with Gasteiger partial charge in [-0.1, -0.05) is 62.2 Å². The van der Waals surface area contributed by atoms with Gasteiger partial charge in [-0.05, 0) is 43.2 Å². The highest BCUT2D eigenvalue weighted by molar-refractivity contribution is 7.15. The lowest BCUT2D eigenvalue weighted by molar-refractivity contribution is 0.568. The van der Waals surface area contributed by atoms with E-state index in [1.807, 2.05) is 12.1 Å². The van der Waals surface area contributed by atoms with E-state index in [2.05, 4.69) is 70.3 Å². The molecule has 0 saturated heterocycles. The van der Waals surface area contributed by atoms with E-state index in [4.69, 9.17) is 16.6 Å². The molecule has 0 spiro atoms. The normalized spacial score (nSPS) is 11.6. The number of anilines is 2. The molecule has 3 rings (SSSR count). The minimum atomic E-state index is 0.000505. The van der Waals surface area contributed by atoms with Crippen LogP contribution in [0, 0.1) is 13.8 Å². The van der Waals surface area contributed by atoms with Crippen LogP contribution in [0.15, 0.2) is 42.5 Å². The molecule has 1 N–H and O–H groups in total. The van der Waals surface area contributed by atoms with Gasteiger partial charge in [-0.2, -0.15) is 0 Å². The Morgan fingerprint density at radius 2 is 1.73 bits per heavy atom. The number of hydrogen-bond donors (Lipinski definition) is 1. The first-order chi connectivity index (χ1) is 12.2. The van der Waals surface area contributed by atoms with Crippen LogP contribution in [0.25, 0.3) is 0 Å². The summed E-state index contributed by atoms with van der Waals surface area (Å²) in [5.74, 6) is 0. The van der Waals surface area contributed by atoms with E-state index in [1.54, 1.807) is 11.3 Å². The third-order valence-corrected chi connectivity index (χ3v) is 5.53. The third kappa shape index (κ3) is 4.46. The number of thiazole rings is 1. The van der Waals surface area contributed by atoms with E-state index in [1.165, 1.54) is 21.6 Å². The lowest BCUT2D eigenvalue weighted by atomic mass is 9.90. The number of nitrogens with one attached hydrogen (secondary N) is 1. The van der Waals surface area contributed by atoms with E-state index in [0.29, 0.717) is 0 Å². The van der Waals surface area contributed by atoms with Crippen molar-refractivity contribution in [2.24, 2.45) is 0 Å². The fourth-order valence-electron chi connectivity index (χ4n) is 2.97.